The summed E-state index contributed by atoms with van der Waals surface area (Å²) >= 11 is 1.22. The van der Waals surface area contributed by atoms with Crippen molar-refractivity contribution in [1.29, 1.82) is 0 Å². The molecule has 2 aromatic rings. The lowest BCUT2D eigenvalue weighted by Gasteiger charge is -2.20. The summed E-state index contributed by atoms with van der Waals surface area (Å²) in [6.45, 7) is 5.25. The first-order chi connectivity index (χ1) is 13.4. The van der Waals surface area contributed by atoms with Crippen molar-refractivity contribution in [2.24, 2.45) is 4.99 Å². The molecule has 3 rings (SSSR count). The maximum atomic E-state index is 12.6. The van der Waals surface area contributed by atoms with Crippen molar-refractivity contribution in [1.82, 2.24) is 0 Å². The van der Waals surface area contributed by atoms with Crippen molar-refractivity contribution in [3.8, 4) is 0 Å². The van der Waals surface area contributed by atoms with Crippen LogP contribution in [0.15, 0.2) is 53.5 Å². The molecule has 1 atom stereocenters. The Morgan fingerprint density at radius 2 is 1.82 bits per heavy atom. The number of para-hydroxylation sites is 1. The number of nitrogens with zero attached hydrogens (tertiary/aromatic N) is 2. The van der Waals surface area contributed by atoms with Gasteiger partial charge in [0, 0.05) is 5.56 Å². The smallest absolute Gasteiger partial charge is 0.254 e. The Morgan fingerprint density at radius 3 is 2.50 bits per heavy atom. The van der Waals surface area contributed by atoms with Crippen LogP contribution in [0.1, 0.15) is 29.8 Å². The molecular weight excluding hydrogens is 374 g/mol. The van der Waals surface area contributed by atoms with Crippen molar-refractivity contribution in [3.63, 3.8) is 0 Å². The van der Waals surface area contributed by atoms with E-state index in [1.165, 1.54) is 23.6 Å². The van der Waals surface area contributed by atoms with Gasteiger partial charge in [0.15, 0.2) is 11.0 Å². The van der Waals surface area contributed by atoms with Crippen LogP contribution in [-0.4, -0.2) is 34.6 Å². The normalized spacial score (nSPS) is 14.6. The molecule has 0 radical (unpaired) electrons. The minimum absolute atomic E-state index is 0.0672. The van der Waals surface area contributed by atoms with Crippen LogP contribution in [0.3, 0.4) is 0 Å². The topological polar surface area (TPSA) is 78.8 Å². The number of amidine groups is 1. The van der Waals surface area contributed by atoms with E-state index in [9.17, 15) is 14.4 Å². The molecule has 0 aliphatic carbocycles. The summed E-state index contributed by atoms with van der Waals surface area (Å²) in [6, 6.07) is 14.5. The van der Waals surface area contributed by atoms with E-state index in [2.05, 4.69) is 10.3 Å². The number of benzene rings is 2. The second-order valence-corrected chi connectivity index (χ2v) is 7.82. The first kappa shape index (κ1) is 19.8. The number of aliphatic imine (C=N–C) groups is 1. The van der Waals surface area contributed by atoms with Gasteiger partial charge in [0.05, 0.1) is 16.6 Å². The average Bonchev–Trinajstić information content (AvgIpc) is 3.03. The van der Waals surface area contributed by atoms with E-state index >= 15 is 0 Å². The number of rotatable bonds is 5. The highest BCUT2D eigenvalue weighted by Crippen LogP contribution is 2.27. The number of thioether (sulfide) groups is 1. The number of ketones is 1. The fourth-order valence-corrected chi connectivity index (χ4v) is 3.70. The molecule has 0 aromatic heterocycles. The molecule has 1 aliphatic rings. The van der Waals surface area contributed by atoms with Crippen LogP contribution in [0.2, 0.25) is 0 Å². The highest BCUT2D eigenvalue weighted by Gasteiger charge is 2.30. The molecule has 7 heteroatoms. The standard InChI is InChI=1S/C21H21N3O3S/c1-13-8-10-16(11-9-13)24-19(26)12-22-21(24)28-15(3)20(27)23-18-7-5-4-6-17(18)14(2)25/h4-11,15H,12H2,1-3H3,(H,23,27)/t15-/m0/s1. The summed E-state index contributed by atoms with van der Waals surface area (Å²) in [5.74, 6) is -0.502. The lowest BCUT2D eigenvalue weighted by atomic mass is 10.1. The Balaban J connectivity index is 1.72. The predicted octanol–water partition coefficient (Wildman–Crippen LogP) is 3.66. The zero-order chi connectivity index (χ0) is 20.3. The molecule has 0 spiro atoms. The fraction of sp³-hybridized carbons (Fsp3) is 0.238. The summed E-state index contributed by atoms with van der Waals surface area (Å²) in [6.07, 6.45) is 0. The first-order valence-electron chi connectivity index (χ1n) is 8.88. The fourth-order valence-electron chi connectivity index (χ4n) is 2.77. The second-order valence-electron chi connectivity index (χ2n) is 6.51. The van der Waals surface area contributed by atoms with Crippen molar-refractivity contribution >= 4 is 45.9 Å². The molecule has 28 heavy (non-hydrogen) atoms. The number of nitrogens with one attached hydrogen (secondary N) is 1. The zero-order valence-corrected chi connectivity index (χ0v) is 16.7. The van der Waals surface area contributed by atoms with Gasteiger partial charge in [-0.3, -0.25) is 24.3 Å². The number of carbonyl (C=O) groups excluding carboxylic acids is 3. The van der Waals surface area contributed by atoms with Gasteiger partial charge in [-0.05, 0) is 45.0 Å². The van der Waals surface area contributed by atoms with Gasteiger partial charge < -0.3 is 5.32 Å². The number of anilines is 2. The summed E-state index contributed by atoms with van der Waals surface area (Å²) in [5.41, 5.74) is 2.77. The van der Waals surface area contributed by atoms with Crippen LogP contribution in [0, 0.1) is 6.92 Å². The van der Waals surface area contributed by atoms with Gasteiger partial charge in [-0.2, -0.15) is 0 Å². The molecule has 2 amide bonds. The number of carbonyl (C=O) groups is 3. The van der Waals surface area contributed by atoms with Crippen LogP contribution in [0.25, 0.3) is 0 Å². The number of hydrogen-bond acceptors (Lipinski definition) is 5. The largest absolute Gasteiger partial charge is 0.324 e. The van der Waals surface area contributed by atoms with Gasteiger partial charge in [0.2, 0.25) is 5.91 Å². The van der Waals surface area contributed by atoms with Crippen LogP contribution in [0.4, 0.5) is 11.4 Å². The molecule has 6 nitrogen and oxygen atoms in total. The second kappa shape index (κ2) is 8.39. The third-order valence-electron chi connectivity index (χ3n) is 4.30. The van der Waals surface area contributed by atoms with Crippen molar-refractivity contribution in [2.45, 2.75) is 26.0 Å². The van der Waals surface area contributed by atoms with Crippen LogP contribution >= 0.6 is 11.8 Å². The predicted molar refractivity (Wildman–Crippen MR) is 113 cm³/mol. The summed E-state index contributed by atoms with van der Waals surface area (Å²) in [5, 5.41) is 2.79. The minimum Gasteiger partial charge on any atom is -0.324 e. The maximum Gasteiger partial charge on any atom is 0.254 e. The molecule has 2 aromatic carbocycles. The van der Waals surface area contributed by atoms with Gasteiger partial charge >= 0.3 is 0 Å². The average molecular weight is 395 g/mol. The van der Waals surface area contributed by atoms with Gasteiger partial charge in [-0.25, -0.2) is 0 Å². The number of hydrogen-bond donors (Lipinski definition) is 1. The molecule has 0 bridgehead atoms. The monoisotopic (exact) mass is 395 g/mol. The van der Waals surface area contributed by atoms with E-state index in [0.717, 1.165) is 11.3 Å². The Morgan fingerprint density at radius 1 is 1.14 bits per heavy atom. The molecule has 0 saturated heterocycles. The van der Waals surface area contributed by atoms with Gasteiger partial charge in [0.25, 0.3) is 5.91 Å². The van der Waals surface area contributed by atoms with Crippen LogP contribution in [-0.2, 0) is 9.59 Å². The Hall–Kier alpha value is -2.93. The van der Waals surface area contributed by atoms with Gasteiger partial charge in [0.1, 0.15) is 6.54 Å². The molecule has 1 heterocycles. The number of amides is 2. The van der Waals surface area contributed by atoms with Crippen LogP contribution < -0.4 is 10.2 Å². The third-order valence-corrected chi connectivity index (χ3v) is 5.39. The van der Waals surface area contributed by atoms with E-state index in [0.29, 0.717) is 16.4 Å². The van der Waals surface area contributed by atoms with Gasteiger partial charge in [-0.15, -0.1) is 0 Å². The van der Waals surface area contributed by atoms with Crippen molar-refractivity contribution in [3.05, 3.63) is 59.7 Å². The van der Waals surface area contributed by atoms with E-state index in [1.54, 1.807) is 31.2 Å². The Bertz CT molecular complexity index is 954. The highest BCUT2D eigenvalue weighted by atomic mass is 32.2. The first-order valence-corrected chi connectivity index (χ1v) is 9.76. The maximum absolute atomic E-state index is 12.6. The van der Waals surface area contributed by atoms with Crippen LogP contribution in [0.5, 0.6) is 0 Å². The van der Waals surface area contributed by atoms with E-state index in [1.807, 2.05) is 31.2 Å². The summed E-state index contributed by atoms with van der Waals surface area (Å²) in [7, 11) is 0. The molecule has 0 unspecified atom stereocenters. The molecule has 0 saturated carbocycles. The number of Topliss-reactive ketones (excluding diaryl/α,β-unsaturated/α-hetero) is 1. The lowest BCUT2D eigenvalue weighted by molar-refractivity contribution is -0.116. The third kappa shape index (κ3) is 4.31. The molecule has 1 aliphatic heterocycles. The molecular formula is C21H21N3O3S. The van der Waals surface area contributed by atoms with Crippen molar-refractivity contribution < 1.29 is 14.4 Å². The quantitative estimate of drug-likeness (QED) is 0.784. The summed E-state index contributed by atoms with van der Waals surface area (Å²) < 4.78 is 0. The minimum atomic E-state index is -0.502. The van der Waals surface area contributed by atoms with E-state index < -0.39 is 5.25 Å². The zero-order valence-electron chi connectivity index (χ0n) is 15.9. The summed E-state index contributed by atoms with van der Waals surface area (Å²) in [4.78, 5) is 42.5. The SMILES string of the molecule is CC(=O)c1ccccc1NC(=O)[C@H](C)SC1=NCC(=O)N1c1ccc(C)cc1. The number of aryl methyl sites for hydroxylation is 1. The molecule has 1 N–H and O–H groups in total. The van der Waals surface area contributed by atoms with Crippen molar-refractivity contribution in [2.75, 3.05) is 16.8 Å². The highest BCUT2D eigenvalue weighted by molar-refractivity contribution is 8.15. The Kier molecular flexibility index (Phi) is 5.94. The van der Waals surface area contributed by atoms with E-state index in [-0.39, 0.29) is 24.1 Å². The lowest BCUT2D eigenvalue weighted by Crippen LogP contribution is -2.33. The molecule has 0 fully saturated rings. The van der Waals surface area contributed by atoms with Gasteiger partial charge in [-0.1, -0.05) is 41.6 Å². The van der Waals surface area contributed by atoms with E-state index in [4.69, 9.17) is 0 Å². The Labute approximate surface area is 168 Å². The molecule has 144 valence electrons.